The number of amides is 1. The number of H-pyrrole nitrogens is 1. The molecule has 136 valence electrons. The van der Waals surface area contributed by atoms with Gasteiger partial charge in [-0.1, -0.05) is 48.0 Å². The maximum atomic E-state index is 12.7. The largest absolute Gasteiger partial charge is 0.304 e. The molecule has 2 aromatic heterocycles. The quantitative estimate of drug-likeness (QED) is 0.574. The summed E-state index contributed by atoms with van der Waals surface area (Å²) in [5, 5.41) is 23.3. The molecule has 7 nitrogen and oxygen atoms in total. The molecule has 0 saturated carbocycles. The Morgan fingerprint density at radius 2 is 1.89 bits per heavy atom. The zero-order valence-corrected chi connectivity index (χ0v) is 15.0. The average Bonchev–Trinajstić information content (AvgIpc) is 3.36. The first-order valence-corrected chi connectivity index (χ1v) is 8.63. The predicted molar refractivity (Wildman–Crippen MR) is 105 cm³/mol. The summed E-state index contributed by atoms with van der Waals surface area (Å²) in [6, 6.07) is 20.9. The molecule has 0 aliphatic heterocycles. The van der Waals surface area contributed by atoms with Crippen molar-refractivity contribution in [1.29, 1.82) is 5.26 Å². The molecule has 1 amide bonds. The first kappa shape index (κ1) is 17.2. The van der Waals surface area contributed by atoms with Crippen LogP contribution in [0.5, 0.6) is 0 Å². The molecule has 4 rings (SSSR count). The van der Waals surface area contributed by atoms with E-state index < -0.39 is 5.91 Å². The number of aromatic nitrogens is 4. The van der Waals surface area contributed by atoms with Gasteiger partial charge in [0, 0.05) is 5.56 Å². The van der Waals surface area contributed by atoms with E-state index >= 15 is 0 Å². The number of anilines is 1. The van der Waals surface area contributed by atoms with Crippen LogP contribution < -0.4 is 5.32 Å². The third-order valence-electron chi connectivity index (χ3n) is 4.29. The molecule has 0 aliphatic rings. The van der Waals surface area contributed by atoms with Crippen molar-refractivity contribution >= 4 is 11.7 Å². The van der Waals surface area contributed by atoms with Gasteiger partial charge in [0.15, 0.2) is 5.82 Å². The van der Waals surface area contributed by atoms with Gasteiger partial charge < -0.3 is 5.32 Å². The second-order valence-corrected chi connectivity index (χ2v) is 6.25. The van der Waals surface area contributed by atoms with Gasteiger partial charge in [0.05, 0.1) is 17.6 Å². The van der Waals surface area contributed by atoms with Crippen LogP contribution in [0.1, 0.15) is 21.6 Å². The lowest BCUT2D eigenvalue weighted by atomic mass is 10.1. The van der Waals surface area contributed by atoms with Gasteiger partial charge in [-0.3, -0.25) is 9.89 Å². The van der Waals surface area contributed by atoms with Gasteiger partial charge in [-0.15, -0.1) is 0 Å². The summed E-state index contributed by atoms with van der Waals surface area (Å²) in [7, 11) is 0. The highest BCUT2D eigenvalue weighted by Gasteiger charge is 2.18. The van der Waals surface area contributed by atoms with Crippen LogP contribution in [0.3, 0.4) is 0 Å². The topological polar surface area (TPSA) is 99.4 Å². The lowest BCUT2D eigenvalue weighted by molar-refractivity contribution is 0.102. The van der Waals surface area contributed by atoms with Crippen molar-refractivity contribution in [1.82, 2.24) is 20.0 Å². The minimum atomic E-state index is -0.403. The van der Waals surface area contributed by atoms with E-state index in [0.717, 1.165) is 16.8 Å². The van der Waals surface area contributed by atoms with Gasteiger partial charge in [-0.05, 0) is 25.1 Å². The van der Waals surface area contributed by atoms with Gasteiger partial charge in [-0.2, -0.15) is 15.5 Å². The molecule has 2 N–H and O–H groups in total. The van der Waals surface area contributed by atoms with Crippen LogP contribution in [0.15, 0.2) is 66.9 Å². The first-order chi connectivity index (χ1) is 13.7. The Bertz CT molecular complexity index is 1170. The minimum Gasteiger partial charge on any atom is -0.304 e. The van der Waals surface area contributed by atoms with Crippen LogP contribution in [0, 0.1) is 18.3 Å². The molecule has 0 saturated heterocycles. The fourth-order valence-corrected chi connectivity index (χ4v) is 2.80. The number of aryl methyl sites for hydroxylation is 1. The number of nitrogens with one attached hydrogen (secondary N) is 2. The van der Waals surface area contributed by atoms with E-state index in [-0.39, 0.29) is 5.56 Å². The number of para-hydroxylation sites is 1. The number of nitrogens with zero attached hydrogens (tertiary/aromatic N) is 4. The summed E-state index contributed by atoms with van der Waals surface area (Å²) in [5.74, 6) is -0.0924. The maximum absolute atomic E-state index is 12.7. The fraction of sp³-hybridized carbons (Fsp3) is 0.0476. The third-order valence-corrected chi connectivity index (χ3v) is 4.29. The third kappa shape index (κ3) is 3.27. The van der Waals surface area contributed by atoms with Crippen LogP contribution in [0.4, 0.5) is 5.82 Å². The Labute approximate surface area is 161 Å². The van der Waals surface area contributed by atoms with Crippen molar-refractivity contribution in [3.05, 3.63) is 83.7 Å². The van der Waals surface area contributed by atoms with Gasteiger partial charge in [-0.25, -0.2) is 4.68 Å². The van der Waals surface area contributed by atoms with E-state index in [1.807, 2.05) is 61.5 Å². The SMILES string of the molecule is Cc1ccc(-c2cc(C(=O)Nc3c(C#N)cnn3-c3ccccc3)[nH]n2)cc1. The van der Waals surface area contributed by atoms with Gasteiger partial charge in [0.1, 0.15) is 17.3 Å². The molecule has 7 heteroatoms. The van der Waals surface area contributed by atoms with E-state index in [4.69, 9.17) is 0 Å². The van der Waals surface area contributed by atoms with Crippen molar-refractivity contribution in [3.63, 3.8) is 0 Å². The monoisotopic (exact) mass is 368 g/mol. The molecule has 28 heavy (non-hydrogen) atoms. The van der Waals surface area contributed by atoms with E-state index in [2.05, 4.69) is 26.7 Å². The summed E-state index contributed by atoms with van der Waals surface area (Å²) >= 11 is 0. The van der Waals surface area contributed by atoms with E-state index in [0.29, 0.717) is 17.2 Å². The Kier molecular flexibility index (Phi) is 4.44. The summed E-state index contributed by atoms with van der Waals surface area (Å²) in [5.41, 5.74) is 4.03. The Morgan fingerprint density at radius 3 is 2.61 bits per heavy atom. The van der Waals surface area contributed by atoms with E-state index in [1.54, 1.807) is 6.07 Å². The highest BCUT2D eigenvalue weighted by atomic mass is 16.2. The van der Waals surface area contributed by atoms with Crippen molar-refractivity contribution < 1.29 is 4.79 Å². The molecular formula is C21H16N6O. The van der Waals surface area contributed by atoms with Gasteiger partial charge in [0.2, 0.25) is 0 Å². The lowest BCUT2D eigenvalue weighted by Crippen LogP contribution is -2.16. The van der Waals surface area contributed by atoms with E-state index in [9.17, 15) is 10.1 Å². The van der Waals surface area contributed by atoms with E-state index in [1.165, 1.54) is 10.9 Å². The zero-order chi connectivity index (χ0) is 19.5. The second kappa shape index (κ2) is 7.21. The molecule has 0 fully saturated rings. The Hall–Kier alpha value is -4.18. The molecule has 0 spiro atoms. The summed E-state index contributed by atoms with van der Waals surface area (Å²) < 4.78 is 1.52. The Balaban J connectivity index is 1.62. The molecule has 0 atom stereocenters. The number of carbonyl (C=O) groups excluding carboxylic acids is 1. The molecule has 0 bridgehead atoms. The zero-order valence-electron chi connectivity index (χ0n) is 15.0. The molecule has 0 radical (unpaired) electrons. The van der Waals surface area contributed by atoms with Crippen LogP contribution in [0.25, 0.3) is 16.9 Å². The summed E-state index contributed by atoms with van der Waals surface area (Å²) in [6.07, 6.45) is 1.42. The molecule has 0 aliphatic carbocycles. The number of benzene rings is 2. The van der Waals surface area contributed by atoms with Crippen molar-refractivity contribution in [3.8, 4) is 23.0 Å². The smallest absolute Gasteiger partial charge is 0.274 e. The van der Waals surface area contributed by atoms with Gasteiger partial charge in [0.25, 0.3) is 5.91 Å². The molecule has 0 unspecified atom stereocenters. The predicted octanol–water partition coefficient (Wildman–Crippen LogP) is 3.69. The van der Waals surface area contributed by atoms with Crippen LogP contribution in [0.2, 0.25) is 0 Å². The molecule has 4 aromatic rings. The van der Waals surface area contributed by atoms with Crippen LogP contribution >= 0.6 is 0 Å². The number of nitriles is 1. The number of aromatic amines is 1. The van der Waals surface area contributed by atoms with Crippen molar-refractivity contribution in [2.75, 3.05) is 5.32 Å². The molecule has 2 heterocycles. The van der Waals surface area contributed by atoms with Crippen molar-refractivity contribution in [2.24, 2.45) is 0 Å². The maximum Gasteiger partial charge on any atom is 0.274 e. The van der Waals surface area contributed by atoms with Crippen LogP contribution in [-0.4, -0.2) is 25.9 Å². The highest BCUT2D eigenvalue weighted by molar-refractivity contribution is 6.03. The highest BCUT2D eigenvalue weighted by Crippen LogP contribution is 2.22. The average molecular weight is 368 g/mol. The Morgan fingerprint density at radius 1 is 1.14 bits per heavy atom. The number of hydrogen-bond donors (Lipinski definition) is 2. The van der Waals surface area contributed by atoms with Crippen LogP contribution in [-0.2, 0) is 0 Å². The fourth-order valence-electron chi connectivity index (χ4n) is 2.80. The summed E-state index contributed by atoms with van der Waals surface area (Å²) in [6.45, 7) is 2.01. The molecule has 2 aromatic carbocycles. The van der Waals surface area contributed by atoms with Crippen molar-refractivity contribution in [2.45, 2.75) is 6.92 Å². The number of carbonyl (C=O) groups is 1. The summed E-state index contributed by atoms with van der Waals surface area (Å²) in [4.78, 5) is 12.7. The first-order valence-electron chi connectivity index (χ1n) is 8.63. The van der Waals surface area contributed by atoms with Gasteiger partial charge >= 0.3 is 0 Å². The minimum absolute atomic E-state index is 0.274. The lowest BCUT2D eigenvalue weighted by Gasteiger charge is -2.08. The normalized spacial score (nSPS) is 10.4. The number of rotatable bonds is 4. The number of hydrogen-bond acceptors (Lipinski definition) is 4. The standard InChI is InChI=1S/C21H16N6O/c1-14-7-9-15(10-8-14)18-11-19(26-25-18)21(28)24-20-16(12-22)13-23-27(20)17-5-3-2-4-6-17/h2-11,13H,1H3,(H,24,28)(H,25,26). The second-order valence-electron chi connectivity index (χ2n) is 6.25. The molecular weight excluding hydrogens is 352 g/mol.